The predicted octanol–water partition coefficient (Wildman–Crippen LogP) is 2.56. The van der Waals surface area contributed by atoms with Crippen LogP contribution in [0.25, 0.3) is 10.8 Å². The van der Waals surface area contributed by atoms with Gasteiger partial charge >= 0.3 is 0 Å². The molecule has 1 spiro atoms. The maximum absolute atomic E-state index is 12.5. The number of amides is 2. The van der Waals surface area contributed by atoms with E-state index < -0.39 is 0 Å². The molecule has 0 aromatic heterocycles. The number of hydrogen-bond donors (Lipinski definition) is 2. The number of nitrogens with one attached hydrogen (secondary N) is 2. The van der Waals surface area contributed by atoms with E-state index in [1.807, 2.05) is 47.4 Å². The average molecular weight is 365 g/mol. The van der Waals surface area contributed by atoms with Gasteiger partial charge < -0.3 is 15.5 Å². The summed E-state index contributed by atoms with van der Waals surface area (Å²) in [6.45, 7) is 4.28. The van der Waals surface area contributed by atoms with Crippen LogP contribution in [0.5, 0.6) is 0 Å². The maximum atomic E-state index is 12.5. The monoisotopic (exact) mass is 365 g/mol. The summed E-state index contributed by atoms with van der Waals surface area (Å²) in [6, 6.07) is 13.7. The van der Waals surface area contributed by atoms with E-state index in [1.165, 1.54) is 6.42 Å². The SMILES string of the molecule is O=C(NCCC(=O)N1CCC2(CCNC2)CC1)c1ccc2ccccc2c1. The molecular weight excluding hydrogens is 338 g/mol. The minimum absolute atomic E-state index is 0.122. The highest BCUT2D eigenvalue weighted by Crippen LogP contribution is 2.36. The molecule has 2 N–H and O–H groups in total. The Hall–Kier alpha value is -2.40. The van der Waals surface area contributed by atoms with Gasteiger partial charge in [-0.2, -0.15) is 0 Å². The van der Waals surface area contributed by atoms with Crippen LogP contribution in [-0.2, 0) is 4.79 Å². The summed E-state index contributed by atoms with van der Waals surface area (Å²) in [5.74, 6) is 0.0257. The Morgan fingerprint density at radius 1 is 1.04 bits per heavy atom. The third-order valence-corrected chi connectivity index (χ3v) is 6.14. The minimum Gasteiger partial charge on any atom is -0.352 e. The van der Waals surface area contributed by atoms with Crippen molar-refractivity contribution in [1.82, 2.24) is 15.5 Å². The van der Waals surface area contributed by atoms with Crippen LogP contribution in [0.15, 0.2) is 42.5 Å². The standard InChI is InChI=1S/C22H27N3O2/c26-20(25-13-9-22(10-14-25)8-12-23-16-22)7-11-24-21(27)19-6-5-17-3-1-2-4-18(17)15-19/h1-6,15,23H,7-14,16H2,(H,24,27). The lowest BCUT2D eigenvalue weighted by Crippen LogP contribution is -2.44. The first-order valence-corrected chi connectivity index (χ1v) is 9.91. The molecule has 0 radical (unpaired) electrons. The van der Waals surface area contributed by atoms with Gasteiger partial charge in [0.05, 0.1) is 0 Å². The molecule has 0 aliphatic carbocycles. The molecule has 27 heavy (non-hydrogen) atoms. The van der Waals surface area contributed by atoms with Gasteiger partial charge in [-0.25, -0.2) is 0 Å². The number of rotatable bonds is 4. The Morgan fingerprint density at radius 2 is 1.81 bits per heavy atom. The Bertz CT molecular complexity index is 832. The Labute approximate surface area is 160 Å². The molecule has 0 saturated carbocycles. The first-order valence-electron chi connectivity index (χ1n) is 9.91. The fourth-order valence-electron chi connectivity index (χ4n) is 4.33. The number of hydrogen-bond acceptors (Lipinski definition) is 3. The highest BCUT2D eigenvalue weighted by molar-refractivity contribution is 5.98. The number of likely N-dealkylation sites (tertiary alicyclic amines) is 1. The van der Waals surface area contributed by atoms with Gasteiger partial charge in [0.15, 0.2) is 0 Å². The first-order chi connectivity index (χ1) is 13.2. The quantitative estimate of drug-likeness (QED) is 0.875. The minimum atomic E-state index is -0.122. The van der Waals surface area contributed by atoms with E-state index in [9.17, 15) is 9.59 Å². The summed E-state index contributed by atoms with van der Waals surface area (Å²) in [5, 5.41) is 8.50. The molecule has 0 atom stereocenters. The van der Waals surface area contributed by atoms with Gasteiger partial charge in [0.2, 0.25) is 5.91 Å². The van der Waals surface area contributed by atoms with Gasteiger partial charge in [0, 0.05) is 38.2 Å². The molecule has 2 saturated heterocycles. The van der Waals surface area contributed by atoms with Crippen LogP contribution < -0.4 is 10.6 Å². The Morgan fingerprint density at radius 3 is 2.56 bits per heavy atom. The van der Waals surface area contributed by atoms with Crippen molar-refractivity contribution in [3.8, 4) is 0 Å². The summed E-state index contributed by atoms with van der Waals surface area (Å²) in [5.41, 5.74) is 1.05. The zero-order valence-electron chi connectivity index (χ0n) is 15.7. The van der Waals surface area contributed by atoms with Crippen molar-refractivity contribution in [1.29, 1.82) is 0 Å². The van der Waals surface area contributed by atoms with Gasteiger partial charge in [0.25, 0.3) is 5.91 Å². The summed E-state index contributed by atoms with van der Waals surface area (Å²) in [4.78, 5) is 26.8. The van der Waals surface area contributed by atoms with Crippen LogP contribution in [-0.4, -0.2) is 49.4 Å². The molecule has 2 amide bonds. The van der Waals surface area contributed by atoms with Crippen LogP contribution in [0.4, 0.5) is 0 Å². The number of fused-ring (bicyclic) bond motifs is 1. The van der Waals surface area contributed by atoms with Crippen LogP contribution in [0.3, 0.4) is 0 Å². The Kier molecular flexibility index (Phi) is 5.12. The third-order valence-electron chi connectivity index (χ3n) is 6.14. The summed E-state index contributed by atoms with van der Waals surface area (Å²) in [6.07, 6.45) is 3.78. The fraction of sp³-hybridized carbons (Fsp3) is 0.455. The molecule has 142 valence electrons. The number of piperidine rings is 1. The lowest BCUT2D eigenvalue weighted by Gasteiger charge is -2.39. The molecule has 4 rings (SSSR count). The van der Waals surface area contributed by atoms with Crippen molar-refractivity contribution in [2.24, 2.45) is 5.41 Å². The van der Waals surface area contributed by atoms with Crippen LogP contribution in [0.1, 0.15) is 36.0 Å². The van der Waals surface area contributed by atoms with Crippen molar-refractivity contribution in [3.63, 3.8) is 0 Å². The van der Waals surface area contributed by atoms with Crippen molar-refractivity contribution in [2.45, 2.75) is 25.7 Å². The van der Waals surface area contributed by atoms with Crippen molar-refractivity contribution in [3.05, 3.63) is 48.0 Å². The average Bonchev–Trinajstić information content (AvgIpc) is 3.16. The second-order valence-electron chi connectivity index (χ2n) is 7.88. The fourth-order valence-corrected chi connectivity index (χ4v) is 4.33. The molecule has 0 bridgehead atoms. The molecular formula is C22H27N3O2. The van der Waals surface area contributed by atoms with Gasteiger partial charge in [-0.1, -0.05) is 30.3 Å². The van der Waals surface area contributed by atoms with Gasteiger partial charge in [0.1, 0.15) is 0 Å². The van der Waals surface area contributed by atoms with Crippen molar-refractivity contribution >= 4 is 22.6 Å². The normalized spacial score (nSPS) is 18.7. The van der Waals surface area contributed by atoms with E-state index >= 15 is 0 Å². The first kappa shape index (κ1) is 18.0. The summed E-state index contributed by atoms with van der Waals surface area (Å²) < 4.78 is 0. The lowest BCUT2D eigenvalue weighted by atomic mass is 9.78. The van der Waals surface area contributed by atoms with Crippen LogP contribution in [0.2, 0.25) is 0 Å². The number of carbonyl (C=O) groups is 2. The van der Waals surface area contributed by atoms with E-state index in [0.29, 0.717) is 23.9 Å². The predicted molar refractivity (Wildman–Crippen MR) is 107 cm³/mol. The topological polar surface area (TPSA) is 61.4 Å². The maximum Gasteiger partial charge on any atom is 0.251 e. The van der Waals surface area contributed by atoms with E-state index in [0.717, 1.165) is 49.8 Å². The molecule has 2 aliphatic rings. The smallest absolute Gasteiger partial charge is 0.251 e. The molecule has 2 fully saturated rings. The second-order valence-corrected chi connectivity index (χ2v) is 7.88. The van der Waals surface area contributed by atoms with Crippen LogP contribution >= 0.6 is 0 Å². The number of carbonyl (C=O) groups excluding carboxylic acids is 2. The highest BCUT2D eigenvalue weighted by Gasteiger charge is 2.37. The zero-order chi connectivity index (χ0) is 18.7. The molecule has 2 aliphatic heterocycles. The molecule has 0 unspecified atom stereocenters. The largest absolute Gasteiger partial charge is 0.352 e. The van der Waals surface area contributed by atoms with E-state index in [-0.39, 0.29) is 11.8 Å². The third kappa shape index (κ3) is 3.98. The van der Waals surface area contributed by atoms with Gasteiger partial charge in [-0.05, 0) is 54.1 Å². The molecule has 5 heteroatoms. The van der Waals surface area contributed by atoms with E-state index in [1.54, 1.807) is 0 Å². The Balaban J connectivity index is 1.25. The number of nitrogens with zero attached hydrogens (tertiary/aromatic N) is 1. The van der Waals surface area contributed by atoms with E-state index in [2.05, 4.69) is 10.6 Å². The van der Waals surface area contributed by atoms with Crippen molar-refractivity contribution < 1.29 is 9.59 Å². The molecule has 2 aromatic carbocycles. The number of benzene rings is 2. The van der Waals surface area contributed by atoms with E-state index in [4.69, 9.17) is 0 Å². The van der Waals surface area contributed by atoms with Crippen molar-refractivity contribution in [2.75, 3.05) is 32.7 Å². The van der Waals surface area contributed by atoms with Gasteiger partial charge in [-0.15, -0.1) is 0 Å². The molecule has 5 nitrogen and oxygen atoms in total. The molecule has 2 aromatic rings. The zero-order valence-corrected chi connectivity index (χ0v) is 15.7. The lowest BCUT2D eigenvalue weighted by molar-refractivity contribution is -0.133. The van der Waals surface area contributed by atoms with Gasteiger partial charge in [-0.3, -0.25) is 9.59 Å². The molecule has 2 heterocycles. The van der Waals surface area contributed by atoms with Crippen LogP contribution in [0, 0.1) is 5.41 Å². The summed E-state index contributed by atoms with van der Waals surface area (Å²) in [7, 11) is 0. The highest BCUT2D eigenvalue weighted by atomic mass is 16.2. The second kappa shape index (κ2) is 7.69. The summed E-state index contributed by atoms with van der Waals surface area (Å²) >= 11 is 0.